The van der Waals surface area contributed by atoms with Gasteiger partial charge in [0.2, 0.25) is 10.0 Å². The normalized spacial score (nSPS) is 22.7. The number of nitrogens with zero attached hydrogens (tertiary/aromatic N) is 1. The first kappa shape index (κ1) is 20.3. The fraction of sp³-hybridized carbons (Fsp3) is 0.455. The van der Waals surface area contributed by atoms with Crippen LogP contribution in [0.1, 0.15) is 28.7 Å². The van der Waals surface area contributed by atoms with Crippen molar-refractivity contribution in [3.63, 3.8) is 0 Å². The molecule has 0 saturated carbocycles. The Kier molecular flexibility index (Phi) is 5.41. The molecular weight excluding hydrogens is 370 g/mol. The average Bonchev–Trinajstić information content (AvgIpc) is 3.28. The minimum absolute atomic E-state index is 0.127. The summed E-state index contributed by atoms with van der Waals surface area (Å²) in [7, 11) is -5.09. The molecule has 1 unspecified atom stereocenters. The van der Waals surface area contributed by atoms with Gasteiger partial charge in [-0.25, -0.2) is 8.42 Å². The van der Waals surface area contributed by atoms with Gasteiger partial charge in [0.05, 0.1) is 13.0 Å². The summed E-state index contributed by atoms with van der Waals surface area (Å²) in [6.45, 7) is 12.7. The van der Waals surface area contributed by atoms with Gasteiger partial charge in [-0.2, -0.15) is 4.31 Å². The zero-order valence-electron chi connectivity index (χ0n) is 17.3. The Hall–Kier alpha value is -1.43. The Labute approximate surface area is 165 Å². The van der Waals surface area contributed by atoms with E-state index in [1.165, 1.54) is 5.56 Å². The molecule has 1 aliphatic rings. The van der Waals surface area contributed by atoms with Crippen molar-refractivity contribution in [1.82, 2.24) is 4.31 Å². The van der Waals surface area contributed by atoms with E-state index < -0.39 is 18.1 Å². The van der Waals surface area contributed by atoms with Crippen LogP contribution in [0.4, 0.5) is 0 Å². The number of sulfonamides is 1. The molecule has 0 aliphatic carbocycles. The zero-order chi connectivity index (χ0) is 20.0. The number of hydrogen-bond donors (Lipinski definition) is 0. The highest BCUT2D eigenvalue weighted by Gasteiger charge is 2.60. The molecule has 3 nitrogen and oxygen atoms in total. The standard InChI is InChI=1S/C22H31NO2SSi/c1-16-14-17(2)21(18(3)15-16)26(24,25)23-20(22(23)27(4,5)6)13-12-19-10-8-7-9-11-19/h7-11,14-15,20,22H,12-13H2,1-6H3/t20-,22+,23?/m0/s1. The molecule has 0 radical (unpaired) electrons. The van der Waals surface area contributed by atoms with Gasteiger partial charge in [-0.15, -0.1) is 0 Å². The molecule has 1 aliphatic heterocycles. The van der Waals surface area contributed by atoms with Gasteiger partial charge in [0.25, 0.3) is 0 Å². The van der Waals surface area contributed by atoms with Crippen LogP contribution in [0.2, 0.25) is 19.6 Å². The van der Waals surface area contributed by atoms with Crippen molar-refractivity contribution in [3.05, 3.63) is 64.7 Å². The molecular formula is C22H31NO2SSi. The summed E-state index contributed by atoms with van der Waals surface area (Å²) in [5.41, 5.74) is 4.29. The van der Waals surface area contributed by atoms with Crippen LogP contribution >= 0.6 is 0 Å². The number of aryl methyl sites for hydroxylation is 4. The third kappa shape index (κ3) is 4.05. The van der Waals surface area contributed by atoms with E-state index in [1.807, 2.05) is 55.4 Å². The Bertz CT molecular complexity index is 910. The molecule has 1 fully saturated rings. The molecule has 2 aromatic carbocycles. The first-order valence-electron chi connectivity index (χ1n) is 9.69. The molecule has 3 rings (SSSR count). The lowest BCUT2D eigenvalue weighted by atomic mass is 10.1. The van der Waals surface area contributed by atoms with Crippen LogP contribution < -0.4 is 0 Å². The summed E-state index contributed by atoms with van der Waals surface area (Å²) < 4.78 is 29.0. The highest BCUT2D eigenvalue weighted by Crippen LogP contribution is 2.44. The van der Waals surface area contributed by atoms with Crippen LogP contribution in [-0.2, 0) is 16.4 Å². The van der Waals surface area contributed by atoms with Crippen molar-refractivity contribution in [1.29, 1.82) is 0 Å². The third-order valence-corrected chi connectivity index (χ3v) is 10.3. The van der Waals surface area contributed by atoms with Gasteiger partial charge in [-0.05, 0) is 50.3 Å². The first-order valence-corrected chi connectivity index (χ1v) is 14.7. The van der Waals surface area contributed by atoms with Crippen molar-refractivity contribution < 1.29 is 8.42 Å². The summed E-state index contributed by atoms with van der Waals surface area (Å²) in [6.07, 6.45) is 1.81. The minimum Gasteiger partial charge on any atom is -0.207 e. The van der Waals surface area contributed by atoms with Gasteiger partial charge in [0.1, 0.15) is 0 Å². The largest absolute Gasteiger partial charge is 0.243 e. The van der Waals surface area contributed by atoms with E-state index >= 15 is 0 Å². The molecule has 27 heavy (non-hydrogen) atoms. The second-order valence-corrected chi connectivity index (χ2v) is 16.1. The van der Waals surface area contributed by atoms with Gasteiger partial charge in [0.15, 0.2) is 0 Å². The van der Waals surface area contributed by atoms with Crippen LogP contribution in [0.15, 0.2) is 47.4 Å². The van der Waals surface area contributed by atoms with Crippen LogP contribution in [-0.4, -0.2) is 32.5 Å². The van der Waals surface area contributed by atoms with Gasteiger partial charge in [-0.1, -0.05) is 67.7 Å². The minimum atomic E-state index is -3.46. The molecule has 3 atom stereocenters. The summed E-state index contributed by atoms with van der Waals surface area (Å²) in [5.74, 6) is 0. The predicted molar refractivity (Wildman–Crippen MR) is 115 cm³/mol. The Morgan fingerprint density at radius 3 is 2.04 bits per heavy atom. The van der Waals surface area contributed by atoms with Crippen LogP contribution in [0.5, 0.6) is 0 Å². The van der Waals surface area contributed by atoms with E-state index in [0.29, 0.717) is 4.90 Å². The maximum Gasteiger partial charge on any atom is 0.243 e. The second kappa shape index (κ2) is 7.19. The molecule has 5 heteroatoms. The van der Waals surface area contributed by atoms with Crippen LogP contribution in [0, 0.1) is 20.8 Å². The van der Waals surface area contributed by atoms with Gasteiger partial charge < -0.3 is 0 Å². The number of rotatable bonds is 6. The van der Waals surface area contributed by atoms with Gasteiger partial charge >= 0.3 is 0 Å². The smallest absolute Gasteiger partial charge is 0.207 e. The van der Waals surface area contributed by atoms with E-state index in [9.17, 15) is 8.42 Å². The zero-order valence-corrected chi connectivity index (χ0v) is 19.1. The van der Waals surface area contributed by atoms with E-state index in [1.54, 1.807) is 0 Å². The average molecular weight is 402 g/mol. The summed E-state index contributed by atoms with van der Waals surface area (Å²) in [6, 6.07) is 14.4. The highest BCUT2D eigenvalue weighted by atomic mass is 32.2. The Morgan fingerprint density at radius 1 is 0.963 bits per heavy atom. The van der Waals surface area contributed by atoms with Crippen molar-refractivity contribution in [2.75, 3.05) is 0 Å². The molecule has 2 aromatic rings. The molecule has 0 aromatic heterocycles. The lowest BCUT2D eigenvalue weighted by Crippen LogP contribution is -2.34. The summed E-state index contributed by atoms with van der Waals surface area (Å²) in [5, 5.41) is 0. The van der Waals surface area contributed by atoms with E-state index in [2.05, 4.69) is 31.8 Å². The predicted octanol–water partition coefficient (Wildman–Crippen LogP) is 4.86. The molecule has 0 amide bonds. The van der Waals surface area contributed by atoms with Crippen molar-refractivity contribution in [2.45, 2.75) is 69.9 Å². The molecule has 0 N–H and O–H groups in total. The topological polar surface area (TPSA) is 37.1 Å². The maximum atomic E-state index is 13.6. The van der Waals surface area contributed by atoms with Gasteiger partial charge in [-0.3, -0.25) is 0 Å². The quantitative estimate of drug-likeness (QED) is 0.512. The molecule has 1 heterocycles. The lowest BCUT2D eigenvalue weighted by Gasteiger charge is -2.17. The van der Waals surface area contributed by atoms with E-state index in [4.69, 9.17) is 0 Å². The maximum absolute atomic E-state index is 13.6. The monoisotopic (exact) mass is 401 g/mol. The van der Waals surface area contributed by atoms with E-state index in [-0.39, 0.29) is 11.7 Å². The van der Waals surface area contributed by atoms with Crippen molar-refractivity contribution >= 4 is 18.1 Å². The molecule has 0 bridgehead atoms. The summed E-state index contributed by atoms with van der Waals surface area (Å²) >= 11 is 0. The van der Waals surface area contributed by atoms with Crippen LogP contribution in [0.25, 0.3) is 0 Å². The molecule has 1 saturated heterocycles. The third-order valence-electron chi connectivity index (χ3n) is 5.47. The molecule has 146 valence electrons. The highest BCUT2D eigenvalue weighted by molar-refractivity contribution is 7.89. The van der Waals surface area contributed by atoms with Crippen molar-refractivity contribution in [3.8, 4) is 0 Å². The lowest BCUT2D eigenvalue weighted by molar-refractivity contribution is 0.544. The summed E-state index contributed by atoms with van der Waals surface area (Å²) in [4.78, 5) is 0.513. The first-order chi connectivity index (χ1) is 12.5. The van der Waals surface area contributed by atoms with Crippen molar-refractivity contribution in [2.24, 2.45) is 0 Å². The second-order valence-electron chi connectivity index (χ2n) is 8.97. The Morgan fingerprint density at radius 2 is 1.52 bits per heavy atom. The van der Waals surface area contributed by atoms with E-state index in [0.717, 1.165) is 29.5 Å². The Balaban J connectivity index is 1.91. The SMILES string of the molecule is Cc1cc(C)c(S(=O)(=O)N2[C@H]([Si](C)(C)C)[C@@H]2CCc2ccccc2)c(C)c1. The number of benzene rings is 2. The number of hydrogen-bond acceptors (Lipinski definition) is 2. The van der Waals surface area contributed by atoms with Gasteiger partial charge in [0, 0.05) is 11.7 Å². The fourth-order valence-electron chi connectivity index (χ4n) is 4.47. The fourth-order valence-corrected chi connectivity index (χ4v) is 10.4. The van der Waals surface area contributed by atoms with Crippen LogP contribution in [0.3, 0.4) is 0 Å². The molecule has 0 spiro atoms.